The fraction of sp³-hybridized carbons (Fsp3) is 0.0370. The zero-order chi connectivity index (χ0) is 18.9. The summed E-state index contributed by atoms with van der Waals surface area (Å²) in [5.41, 5.74) is 3.95. The van der Waals surface area contributed by atoms with E-state index in [-0.39, 0.29) is 0 Å². The van der Waals surface area contributed by atoms with E-state index in [1.165, 1.54) is 48.0 Å². The van der Waals surface area contributed by atoms with Gasteiger partial charge in [-0.1, -0.05) is 103 Å². The smallest absolute Gasteiger partial charge is 0.0285 e. The van der Waals surface area contributed by atoms with Gasteiger partial charge in [-0.2, -0.15) is 0 Å². The molecule has 0 saturated heterocycles. The second kappa shape index (κ2) is 7.18. The van der Waals surface area contributed by atoms with Gasteiger partial charge in [0.1, 0.15) is 0 Å². The highest BCUT2D eigenvalue weighted by Gasteiger charge is 2.17. The van der Waals surface area contributed by atoms with Gasteiger partial charge < -0.3 is 0 Å². The van der Waals surface area contributed by atoms with Crippen molar-refractivity contribution in [2.75, 3.05) is 0 Å². The van der Waals surface area contributed by atoms with Crippen LogP contribution in [0.3, 0.4) is 0 Å². The summed E-state index contributed by atoms with van der Waals surface area (Å²) in [5.74, 6) is 0. The lowest BCUT2D eigenvalue weighted by Crippen LogP contribution is -1.91. The van der Waals surface area contributed by atoms with Crippen molar-refractivity contribution in [3.05, 3.63) is 109 Å². The molecule has 0 saturated carbocycles. The van der Waals surface area contributed by atoms with Crippen LogP contribution in [0.4, 0.5) is 0 Å². The predicted molar refractivity (Wildman–Crippen MR) is 122 cm³/mol. The first kappa shape index (κ1) is 17.1. The summed E-state index contributed by atoms with van der Waals surface area (Å²) in [5, 5.41) is 5.25. The van der Waals surface area contributed by atoms with Crippen LogP contribution in [0.2, 0.25) is 0 Å². The molecule has 0 amide bonds. The number of benzene rings is 5. The molecule has 0 aliphatic carbocycles. The number of fused-ring (bicyclic) bond motifs is 3. The van der Waals surface area contributed by atoms with Crippen LogP contribution in [0.5, 0.6) is 0 Å². The molecule has 0 N–H and O–H groups in total. The molecular weight excluding hydrogens is 356 g/mol. The minimum atomic E-state index is 1.26. The Bertz CT molecular complexity index is 1290. The van der Waals surface area contributed by atoms with Crippen molar-refractivity contribution in [1.29, 1.82) is 0 Å². The Morgan fingerprint density at radius 2 is 1.04 bits per heavy atom. The average molecular weight is 377 g/mol. The van der Waals surface area contributed by atoms with Gasteiger partial charge in [0.05, 0.1) is 0 Å². The molecule has 0 aliphatic rings. The van der Waals surface area contributed by atoms with Crippen LogP contribution < -0.4 is 0 Å². The summed E-state index contributed by atoms with van der Waals surface area (Å²) in [6.07, 6.45) is 0. The van der Waals surface area contributed by atoms with Gasteiger partial charge in [-0.05, 0) is 51.7 Å². The first-order valence-electron chi connectivity index (χ1n) is 9.55. The zero-order valence-corrected chi connectivity index (χ0v) is 16.5. The maximum absolute atomic E-state index is 2.26. The van der Waals surface area contributed by atoms with E-state index in [1.54, 1.807) is 0 Å². The molecule has 5 aromatic rings. The third kappa shape index (κ3) is 2.89. The van der Waals surface area contributed by atoms with Gasteiger partial charge in [0.2, 0.25) is 0 Å². The number of hydrogen-bond donors (Lipinski definition) is 0. The number of rotatable bonds is 3. The third-order valence-corrected chi connectivity index (χ3v) is 6.40. The summed E-state index contributed by atoms with van der Waals surface area (Å²) < 4.78 is 0. The standard InChI is InChI=1S/C27H20S/c1-19-11-5-6-14-21(19)26-24-17-9-7-15-22(24)23-16-8-10-18-25(23)27(26)28-20-12-3-2-4-13-20/h2-18H,1H3. The lowest BCUT2D eigenvalue weighted by Gasteiger charge is -2.19. The van der Waals surface area contributed by atoms with E-state index in [0.29, 0.717) is 0 Å². The Kier molecular flexibility index (Phi) is 4.38. The molecule has 0 heterocycles. The van der Waals surface area contributed by atoms with Crippen molar-refractivity contribution in [3.8, 4) is 11.1 Å². The Morgan fingerprint density at radius 3 is 1.75 bits per heavy atom. The van der Waals surface area contributed by atoms with Gasteiger partial charge in [-0.25, -0.2) is 0 Å². The normalized spacial score (nSPS) is 11.2. The first-order chi connectivity index (χ1) is 13.8. The summed E-state index contributed by atoms with van der Waals surface area (Å²) in [4.78, 5) is 2.59. The highest BCUT2D eigenvalue weighted by molar-refractivity contribution is 7.99. The minimum Gasteiger partial charge on any atom is -0.0888 e. The molecule has 1 heteroatoms. The Hall–Kier alpha value is -3.03. The summed E-state index contributed by atoms with van der Waals surface area (Å²) in [6.45, 7) is 2.20. The molecule has 0 nitrogen and oxygen atoms in total. The summed E-state index contributed by atoms with van der Waals surface area (Å²) in [6, 6.07) is 37.0. The highest BCUT2D eigenvalue weighted by atomic mass is 32.2. The van der Waals surface area contributed by atoms with Gasteiger partial charge in [-0.15, -0.1) is 0 Å². The van der Waals surface area contributed by atoms with Crippen molar-refractivity contribution >= 4 is 33.3 Å². The molecule has 5 rings (SSSR count). The van der Waals surface area contributed by atoms with Crippen LogP contribution in [0.25, 0.3) is 32.7 Å². The quantitative estimate of drug-likeness (QED) is 0.286. The fourth-order valence-electron chi connectivity index (χ4n) is 3.94. The van der Waals surface area contributed by atoms with Gasteiger partial charge in [0.15, 0.2) is 0 Å². The Labute approximate surface area is 169 Å². The molecule has 28 heavy (non-hydrogen) atoms. The molecule has 5 aromatic carbocycles. The molecule has 0 unspecified atom stereocenters. The molecule has 0 radical (unpaired) electrons. The average Bonchev–Trinajstić information content (AvgIpc) is 2.76. The van der Waals surface area contributed by atoms with Gasteiger partial charge in [0, 0.05) is 15.4 Å². The maximum Gasteiger partial charge on any atom is 0.0285 e. The van der Waals surface area contributed by atoms with Crippen LogP contribution in [0, 0.1) is 6.92 Å². The summed E-state index contributed by atoms with van der Waals surface area (Å²) >= 11 is 1.86. The molecule has 0 aromatic heterocycles. The monoisotopic (exact) mass is 376 g/mol. The molecule has 0 aliphatic heterocycles. The van der Waals surface area contributed by atoms with Crippen molar-refractivity contribution in [2.45, 2.75) is 16.7 Å². The van der Waals surface area contributed by atoms with E-state index in [0.717, 1.165) is 0 Å². The van der Waals surface area contributed by atoms with Gasteiger partial charge in [0.25, 0.3) is 0 Å². The van der Waals surface area contributed by atoms with E-state index in [9.17, 15) is 0 Å². The Morgan fingerprint density at radius 1 is 0.500 bits per heavy atom. The molecule has 0 atom stereocenters. The van der Waals surface area contributed by atoms with Gasteiger partial charge >= 0.3 is 0 Å². The van der Waals surface area contributed by atoms with E-state index in [1.807, 2.05) is 11.8 Å². The van der Waals surface area contributed by atoms with Crippen LogP contribution >= 0.6 is 11.8 Å². The molecule has 0 spiro atoms. The SMILES string of the molecule is Cc1ccccc1-c1c(Sc2ccccc2)c2ccccc2c2ccccc12. The first-order valence-corrected chi connectivity index (χ1v) is 10.4. The topological polar surface area (TPSA) is 0 Å². The van der Waals surface area contributed by atoms with E-state index < -0.39 is 0 Å². The van der Waals surface area contributed by atoms with Gasteiger partial charge in [-0.3, -0.25) is 0 Å². The van der Waals surface area contributed by atoms with Crippen molar-refractivity contribution in [1.82, 2.24) is 0 Å². The molecule has 0 bridgehead atoms. The maximum atomic E-state index is 2.26. The second-order valence-corrected chi connectivity index (χ2v) is 8.11. The third-order valence-electron chi connectivity index (χ3n) is 5.26. The summed E-state index contributed by atoms with van der Waals surface area (Å²) in [7, 11) is 0. The second-order valence-electron chi connectivity index (χ2n) is 7.03. The fourth-order valence-corrected chi connectivity index (χ4v) is 5.08. The molecule has 0 fully saturated rings. The lowest BCUT2D eigenvalue weighted by atomic mass is 9.91. The predicted octanol–water partition coefficient (Wildman–Crippen LogP) is 8.12. The molecular formula is C27H20S. The minimum absolute atomic E-state index is 1.26. The van der Waals surface area contributed by atoms with Crippen molar-refractivity contribution in [3.63, 3.8) is 0 Å². The van der Waals surface area contributed by atoms with Crippen LogP contribution in [0.1, 0.15) is 5.56 Å². The zero-order valence-electron chi connectivity index (χ0n) is 15.7. The largest absolute Gasteiger partial charge is 0.0888 e. The highest BCUT2D eigenvalue weighted by Crippen LogP contribution is 2.46. The van der Waals surface area contributed by atoms with E-state index in [2.05, 4.69) is 110 Å². The van der Waals surface area contributed by atoms with E-state index >= 15 is 0 Å². The van der Waals surface area contributed by atoms with Crippen LogP contribution in [-0.4, -0.2) is 0 Å². The van der Waals surface area contributed by atoms with Crippen LogP contribution in [-0.2, 0) is 0 Å². The number of aryl methyl sites for hydroxylation is 1. The van der Waals surface area contributed by atoms with Crippen molar-refractivity contribution < 1.29 is 0 Å². The van der Waals surface area contributed by atoms with Crippen molar-refractivity contribution in [2.24, 2.45) is 0 Å². The lowest BCUT2D eigenvalue weighted by molar-refractivity contribution is 1.41. The Balaban J connectivity index is 1.94. The van der Waals surface area contributed by atoms with E-state index in [4.69, 9.17) is 0 Å². The van der Waals surface area contributed by atoms with Crippen LogP contribution in [0.15, 0.2) is 113 Å². The number of hydrogen-bond acceptors (Lipinski definition) is 1. The molecule has 134 valence electrons.